The Morgan fingerprint density at radius 2 is 2.21 bits per heavy atom. The van der Waals surface area contributed by atoms with Crippen LogP contribution in [0.3, 0.4) is 0 Å². The highest BCUT2D eigenvalue weighted by Gasteiger charge is 2.36. The van der Waals surface area contributed by atoms with Gasteiger partial charge in [0.1, 0.15) is 5.82 Å². The number of halogens is 3. The quantitative estimate of drug-likeness (QED) is 0.320. The summed E-state index contributed by atoms with van der Waals surface area (Å²) in [6.07, 6.45) is 0. The number of likely N-dealkylation sites (tertiary alicyclic amines) is 1. The predicted octanol–water partition coefficient (Wildman–Crippen LogP) is 2.91. The third kappa shape index (κ3) is 4.95. The molecule has 0 bridgehead atoms. The fourth-order valence-electron chi connectivity index (χ4n) is 2.76. The fourth-order valence-corrected chi connectivity index (χ4v) is 2.96. The zero-order valence-corrected chi connectivity index (χ0v) is 17.0. The Hall–Kier alpha value is -1.09. The van der Waals surface area contributed by atoms with Crippen LogP contribution in [0.2, 0.25) is 5.02 Å². The van der Waals surface area contributed by atoms with Gasteiger partial charge in [0.05, 0.1) is 18.1 Å². The van der Waals surface area contributed by atoms with Crippen LogP contribution in [-0.4, -0.2) is 44.1 Å². The summed E-state index contributed by atoms with van der Waals surface area (Å²) in [4.78, 5) is 18.0. The SMILES string of the molecule is CN=C(NCc1ccc(F)c(Cl)c1)N1CC(C)C(C(=O)OC)C1.I. The average Bonchev–Trinajstić information content (AvgIpc) is 2.92. The molecule has 0 aromatic heterocycles. The van der Waals surface area contributed by atoms with E-state index in [1.807, 2.05) is 11.8 Å². The number of hydrogen-bond donors (Lipinski definition) is 1. The molecular formula is C16H22ClFIN3O2. The monoisotopic (exact) mass is 469 g/mol. The molecule has 0 amide bonds. The molecule has 1 N–H and O–H groups in total. The summed E-state index contributed by atoms with van der Waals surface area (Å²) in [5.41, 5.74) is 0.856. The Morgan fingerprint density at radius 3 is 2.79 bits per heavy atom. The zero-order valence-electron chi connectivity index (χ0n) is 13.9. The van der Waals surface area contributed by atoms with E-state index in [9.17, 15) is 9.18 Å². The van der Waals surface area contributed by atoms with E-state index in [1.54, 1.807) is 19.2 Å². The van der Waals surface area contributed by atoms with Crippen LogP contribution in [0, 0.1) is 17.7 Å². The summed E-state index contributed by atoms with van der Waals surface area (Å²) in [7, 11) is 3.10. The summed E-state index contributed by atoms with van der Waals surface area (Å²) >= 11 is 5.78. The second-order valence-electron chi connectivity index (χ2n) is 5.66. The molecule has 1 aromatic carbocycles. The topological polar surface area (TPSA) is 53.9 Å². The van der Waals surface area contributed by atoms with Gasteiger partial charge in [-0.3, -0.25) is 9.79 Å². The Morgan fingerprint density at radius 1 is 1.50 bits per heavy atom. The molecule has 1 fully saturated rings. The fraction of sp³-hybridized carbons (Fsp3) is 0.500. The van der Waals surface area contributed by atoms with E-state index < -0.39 is 5.82 Å². The van der Waals surface area contributed by atoms with Gasteiger partial charge in [0, 0.05) is 26.7 Å². The van der Waals surface area contributed by atoms with Gasteiger partial charge in [-0.05, 0) is 23.6 Å². The van der Waals surface area contributed by atoms with Gasteiger partial charge >= 0.3 is 5.97 Å². The van der Waals surface area contributed by atoms with E-state index >= 15 is 0 Å². The normalized spacial score (nSPS) is 20.5. The molecule has 0 radical (unpaired) electrons. The maximum absolute atomic E-state index is 13.2. The maximum atomic E-state index is 13.2. The third-order valence-electron chi connectivity index (χ3n) is 4.06. The number of aliphatic imine (C=N–C) groups is 1. The molecule has 1 aromatic rings. The van der Waals surface area contributed by atoms with Crippen molar-refractivity contribution in [2.75, 3.05) is 27.2 Å². The third-order valence-corrected chi connectivity index (χ3v) is 4.35. The Labute approximate surface area is 163 Å². The Balaban J connectivity index is 0.00000288. The maximum Gasteiger partial charge on any atom is 0.310 e. The largest absolute Gasteiger partial charge is 0.469 e. The molecule has 2 atom stereocenters. The van der Waals surface area contributed by atoms with Crippen molar-refractivity contribution in [3.63, 3.8) is 0 Å². The molecule has 5 nitrogen and oxygen atoms in total. The number of methoxy groups -OCH3 is 1. The first-order valence-corrected chi connectivity index (χ1v) is 7.81. The van der Waals surface area contributed by atoms with Gasteiger partial charge in [-0.25, -0.2) is 4.39 Å². The smallest absolute Gasteiger partial charge is 0.310 e. The Bertz CT molecular complexity index is 615. The number of rotatable bonds is 3. The molecule has 134 valence electrons. The number of ether oxygens (including phenoxy) is 1. The minimum absolute atomic E-state index is 0. The minimum Gasteiger partial charge on any atom is -0.469 e. The van der Waals surface area contributed by atoms with Crippen molar-refractivity contribution in [3.8, 4) is 0 Å². The molecule has 2 rings (SSSR count). The van der Waals surface area contributed by atoms with E-state index in [0.29, 0.717) is 19.0 Å². The predicted molar refractivity (Wildman–Crippen MR) is 103 cm³/mol. The molecule has 1 heterocycles. The van der Waals surface area contributed by atoms with Gasteiger partial charge < -0.3 is 15.0 Å². The van der Waals surface area contributed by atoms with Crippen LogP contribution < -0.4 is 5.32 Å². The highest BCUT2D eigenvalue weighted by Crippen LogP contribution is 2.24. The summed E-state index contributed by atoms with van der Waals surface area (Å²) in [6.45, 7) is 3.79. The molecular weight excluding hydrogens is 448 g/mol. The number of esters is 1. The molecule has 2 unspecified atom stereocenters. The van der Waals surface area contributed by atoms with E-state index in [1.165, 1.54) is 13.2 Å². The van der Waals surface area contributed by atoms with Crippen LogP contribution in [0.25, 0.3) is 0 Å². The number of carbonyl (C=O) groups excluding carboxylic acids is 1. The number of nitrogens with zero attached hydrogens (tertiary/aromatic N) is 2. The van der Waals surface area contributed by atoms with Gasteiger partial charge in [-0.1, -0.05) is 24.6 Å². The molecule has 1 aliphatic rings. The van der Waals surface area contributed by atoms with Crippen molar-refractivity contribution in [3.05, 3.63) is 34.6 Å². The number of guanidine groups is 1. The zero-order chi connectivity index (χ0) is 17.0. The van der Waals surface area contributed by atoms with E-state index in [4.69, 9.17) is 16.3 Å². The molecule has 1 aliphatic heterocycles. The van der Waals surface area contributed by atoms with Crippen LogP contribution in [0.5, 0.6) is 0 Å². The lowest BCUT2D eigenvalue weighted by atomic mass is 9.99. The molecule has 1 saturated heterocycles. The van der Waals surface area contributed by atoms with Crippen LogP contribution in [0.4, 0.5) is 4.39 Å². The van der Waals surface area contributed by atoms with Gasteiger partial charge in [0.15, 0.2) is 5.96 Å². The molecule has 24 heavy (non-hydrogen) atoms. The average molecular weight is 470 g/mol. The van der Waals surface area contributed by atoms with Crippen LogP contribution >= 0.6 is 35.6 Å². The first kappa shape index (κ1) is 21.0. The molecule has 0 spiro atoms. The van der Waals surface area contributed by atoms with Crippen molar-refractivity contribution >= 4 is 47.5 Å². The summed E-state index contributed by atoms with van der Waals surface area (Å²) < 4.78 is 18.0. The summed E-state index contributed by atoms with van der Waals surface area (Å²) in [6, 6.07) is 4.60. The molecule has 0 saturated carbocycles. The van der Waals surface area contributed by atoms with E-state index in [2.05, 4.69) is 10.3 Å². The lowest BCUT2D eigenvalue weighted by molar-refractivity contribution is -0.145. The number of benzene rings is 1. The van der Waals surface area contributed by atoms with Gasteiger partial charge in [0.2, 0.25) is 0 Å². The number of carbonyl (C=O) groups is 1. The van der Waals surface area contributed by atoms with Crippen LogP contribution in [-0.2, 0) is 16.1 Å². The lowest BCUT2D eigenvalue weighted by Gasteiger charge is -2.21. The van der Waals surface area contributed by atoms with Crippen LogP contribution in [0.1, 0.15) is 12.5 Å². The Kier molecular flexibility index (Phi) is 8.21. The second-order valence-corrected chi connectivity index (χ2v) is 6.07. The summed E-state index contributed by atoms with van der Waals surface area (Å²) in [5, 5.41) is 3.31. The lowest BCUT2D eigenvalue weighted by Crippen LogP contribution is -2.40. The van der Waals surface area contributed by atoms with Crippen LogP contribution in [0.15, 0.2) is 23.2 Å². The van der Waals surface area contributed by atoms with Crippen molar-refractivity contribution < 1.29 is 13.9 Å². The molecule has 8 heteroatoms. The van der Waals surface area contributed by atoms with Crippen molar-refractivity contribution in [2.45, 2.75) is 13.5 Å². The second kappa shape index (κ2) is 9.41. The molecule has 0 aliphatic carbocycles. The minimum atomic E-state index is -0.436. The number of hydrogen-bond acceptors (Lipinski definition) is 3. The first-order valence-electron chi connectivity index (χ1n) is 7.43. The van der Waals surface area contributed by atoms with Gasteiger partial charge in [0.25, 0.3) is 0 Å². The summed E-state index contributed by atoms with van der Waals surface area (Å²) in [5.74, 6) is 0.110. The van der Waals surface area contributed by atoms with Crippen molar-refractivity contribution in [2.24, 2.45) is 16.8 Å². The standard InChI is InChI=1S/C16H21ClFN3O2.HI/c1-10-8-21(9-12(10)15(22)23-3)16(19-2)20-7-11-4-5-14(18)13(17)6-11;/h4-6,10,12H,7-9H2,1-3H3,(H,19,20);1H. The van der Waals surface area contributed by atoms with E-state index in [-0.39, 0.29) is 46.8 Å². The van der Waals surface area contributed by atoms with Gasteiger partial charge in [-0.2, -0.15) is 0 Å². The first-order chi connectivity index (χ1) is 11.0. The van der Waals surface area contributed by atoms with Crippen molar-refractivity contribution in [1.82, 2.24) is 10.2 Å². The van der Waals surface area contributed by atoms with Gasteiger partial charge in [-0.15, -0.1) is 24.0 Å². The van der Waals surface area contributed by atoms with Crippen molar-refractivity contribution in [1.29, 1.82) is 0 Å². The highest BCUT2D eigenvalue weighted by atomic mass is 127. The van der Waals surface area contributed by atoms with E-state index in [0.717, 1.165) is 12.1 Å². The highest BCUT2D eigenvalue weighted by molar-refractivity contribution is 14.0. The number of nitrogens with one attached hydrogen (secondary N) is 1.